The standard InChI is InChI=1S/C19H14ClIO6/c1-25-17(22)15(11-7-9-12(20)10-8-11)16(18(23)26-2)19(24)27-14-6-4-3-5-13(14)21/h3-10H,1-2H3/b16-15-. The molecule has 0 unspecified atom stereocenters. The molecule has 0 saturated carbocycles. The largest absolute Gasteiger partial charge is 0.465 e. The van der Waals surface area contributed by atoms with Gasteiger partial charge >= 0.3 is 17.9 Å². The smallest absolute Gasteiger partial charge is 0.351 e. The third-order valence-electron chi connectivity index (χ3n) is 3.41. The predicted molar refractivity (Wildman–Crippen MR) is 107 cm³/mol. The maximum absolute atomic E-state index is 12.7. The summed E-state index contributed by atoms with van der Waals surface area (Å²) < 4.78 is 15.4. The number of halogens is 2. The minimum Gasteiger partial charge on any atom is -0.465 e. The molecule has 0 saturated heterocycles. The summed E-state index contributed by atoms with van der Waals surface area (Å²) in [6.07, 6.45) is 0. The molecule has 2 aromatic carbocycles. The Bertz CT molecular complexity index is 905. The molecule has 0 heterocycles. The highest BCUT2D eigenvalue weighted by atomic mass is 127. The van der Waals surface area contributed by atoms with Crippen molar-refractivity contribution in [3.8, 4) is 5.75 Å². The fourth-order valence-electron chi connectivity index (χ4n) is 2.15. The zero-order valence-electron chi connectivity index (χ0n) is 14.3. The van der Waals surface area contributed by atoms with Gasteiger partial charge in [-0.15, -0.1) is 0 Å². The Hall–Kier alpha value is -2.39. The normalized spacial score (nSPS) is 11.3. The van der Waals surface area contributed by atoms with Gasteiger partial charge in [-0.1, -0.05) is 35.9 Å². The van der Waals surface area contributed by atoms with E-state index in [0.717, 1.165) is 14.2 Å². The van der Waals surface area contributed by atoms with Gasteiger partial charge in [-0.3, -0.25) is 0 Å². The molecule has 0 N–H and O–H groups in total. The summed E-state index contributed by atoms with van der Waals surface area (Å²) in [5.41, 5.74) is -0.602. The lowest BCUT2D eigenvalue weighted by molar-refractivity contribution is -0.142. The van der Waals surface area contributed by atoms with Gasteiger partial charge in [0.25, 0.3) is 0 Å². The van der Waals surface area contributed by atoms with Crippen molar-refractivity contribution >= 4 is 57.7 Å². The second kappa shape index (κ2) is 9.52. The van der Waals surface area contributed by atoms with Crippen molar-refractivity contribution < 1.29 is 28.6 Å². The van der Waals surface area contributed by atoms with Crippen LogP contribution in [0.1, 0.15) is 5.56 Å². The number of hydrogen-bond acceptors (Lipinski definition) is 6. The van der Waals surface area contributed by atoms with Gasteiger partial charge in [0.15, 0.2) is 5.57 Å². The third-order valence-corrected chi connectivity index (χ3v) is 4.55. The highest BCUT2D eigenvalue weighted by Crippen LogP contribution is 2.26. The van der Waals surface area contributed by atoms with Crippen LogP contribution in [0.25, 0.3) is 5.57 Å². The number of esters is 3. The van der Waals surface area contributed by atoms with E-state index in [9.17, 15) is 14.4 Å². The van der Waals surface area contributed by atoms with Crippen LogP contribution in [0.2, 0.25) is 5.02 Å². The summed E-state index contributed by atoms with van der Waals surface area (Å²) in [6.45, 7) is 0. The molecular weight excluding hydrogens is 487 g/mol. The molecule has 0 fully saturated rings. The lowest BCUT2D eigenvalue weighted by Gasteiger charge is -2.13. The van der Waals surface area contributed by atoms with E-state index in [4.69, 9.17) is 21.1 Å². The molecule has 0 amide bonds. The lowest BCUT2D eigenvalue weighted by atomic mass is 9.99. The fourth-order valence-corrected chi connectivity index (χ4v) is 2.77. The van der Waals surface area contributed by atoms with Gasteiger partial charge in [-0.25, -0.2) is 14.4 Å². The molecule has 0 aliphatic rings. The lowest BCUT2D eigenvalue weighted by Crippen LogP contribution is -2.24. The number of methoxy groups -OCH3 is 2. The Balaban J connectivity index is 2.62. The maximum Gasteiger partial charge on any atom is 0.351 e. The van der Waals surface area contributed by atoms with E-state index in [-0.39, 0.29) is 16.9 Å². The summed E-state index contributed by atoms with van der Waals surface area (Å²) in [6, 6.07) is 12.7. The van der Waals surface area contributed by atoms with Crippen molar-refractivity contribution in [2.45, 2.75) is 0 Å². The van der Waals surface area contributed by atoms with E-state index in [0.29, 0.717) is 8.59 Å². The minimum atomic E-state index is -1.04. The molecule has 8 heteroatoms. The topological polar surface area (TPSA) is 78.9 Å². The Morgan fingerprint density at radius 1 is 0.852 bits per heavy atom. The quantitative estimate of drug-likeness (QED) is 0.156. The summed E-state index contributed by atoms with van der Waals surface area (Å²) >= 11 is 7.85. The first-order valence-electron chi connectivity index (χ1n) is 7.52. The van der Waals surface area contributed by atoms with Crippen LogP contribution in [0.3, 0.4) is 0 Å². The molecule has 2 aromatic rings. The molecular formula is C19H14ClIO6. The van der Waals surface area contributed by atoms with Crippen LogP contribution < -0.4 is 4.74 Å². The van der Waals surface area contributed by atoms with Gasteiger partial charge in [-0.05, 0) is 52.4 Å². The molecule has 140 valence electrons. The summed E-state index contributed by atoms with van der Waals surface area (Å²) in [7, 11) is 2.23. The van der Waals surface area contributed by atoms with Crippen molar-refractivity contribution in [3.05, 3.63) is 68.3 Å². The number of benzene rings is 2. The molecule has 0 atom stereocenters. The summed E-state index contributed by atoms with van der Waals surface area (Å²) in [4.78, 5) is 37.4. The number of carbonyl (C=O) groups is 3. The van der Waals surface area contributed by atoms with Crippen molar-refractivity contribution in [1.82, 2.24) is 0 Å². The van der Waals surface area contributed by atoms with Crippen LogP contribution in [0.4, 0.5) is 0 Å². The van der Waals surface area contributed by atoms with E-state index in [2.05, 4.69) is 4.74 Å². The summed E-state index contributed by atoms with van der Waals surface area (Å²) in [5.74, 6) is -2.72. The third kappa shape index (κ3) is 5.08. The SMILES string of the molecule is COC(=O)/C(C(=O)Oc1ccccc1I)=C(/C(=O)OC)c1ccc(Cl)cc1. The van der Waals surface area contributed by atoms with E-state index in [1.165, 1.54) is 24.3 Å². The Labute approximate surface area is 174 Å². The van der Waals surface area contributed by atoms with Gasteiger partial charge in [0.1, 0.15) is 5.75 Å². The van der Waals surface area contributed by atoms with E-state index in [1.54, 1.807) is 24.3 Å². The average molecular weight is 501 g/mol. The number of rotatable bonds is 5. The zero-order chi connectivity index (χ0) is 20.0. The minimum absolute atomic E-state index is 0.241. The van der Waals surface area contributed by atoms with Crippen molar-refractivity contribution in [2.75, 3.05) is 14.2 Å². The van der Waals surface area contributed by atoms with Crippen LogP contribution in [-0.2, 0) is 23.9 Å². The fraction of sp³-hybridized carbons (Fsp3) is 0.105. The van der Waals surface area contributed by atoms with Gasteiger partial charge < -0.3 is 14.2 Å². The highest BCUT2D eigenvalue weighted by Gasteiger charge is 2.31. The molecule has 27 heavy (non-hydrogen) atoms. The first-order chi connectivity index (χ1) is 12.9. The van der Waals surface area contributed by atoms with Crippen LogP contribution >= 0.6 is 34.2 Å². The Kier molecular flexibility index (Phi) is 7.37. The summed E-state index contributed by atoms with van der Waals surface area (Å²) in [5, 5.41) is 0.420. The van der Waals surface area contributed by atoms with Gasteiger partial charge in [-0.2, -0.15) is 0 Å². The van der Waals surface area contributed by atoms with E-state index >= 15 is 0 Å². The first kappa shape index (κ1) is 20.9. The van der Waals surface area contributed by atoms with Gasteiger partial charge in [0.2, 0.25) is 0 Å². The monoisotopic (exact) mass is 500 g/mol. The molecule has 0 spiro atoms. The van der Waals surface area contributed by atoms with Gasteiger partial charge in [0.05, 0.1) is 23.4 Å². The molecule has 0 aliphatic carbocycles. The zero-order valence-corrected chi connectivity index (χ0v) is 17.2. The molecule has 2 rings (SSSR count). The molecule has 6 nitrogen and oxygen atoms in total. The Morgan fingerprint density at radius 2 is 1.44 bits per heavy atom. The molecule has 0 aromatic heterocycles. The van der Waals surface area contributed by atoms with E-state index < -0.39 is 23.5 Å². The van der Waals surface area contributed by atoms with Crippen LogP contribution in [0.15, 0.2) is 54.1 Å². The Morgan fingerprint density at radius 3 is 2.00 bits per heavy atom. The number of ether oxygens (including phenoxy) is 3. The van der Waals surface area contributed by atoms with Crippen LogP contribution in [0.5, 0.6) is 5.75 Å². The molecule has 0 bridgehead atoms. The average Bonchev–Trinajstić information content (AvgIpc) is 2.67. The number of hydrogen-bond donors (Lipinski definition) is 0. The van der Waals surface area contributed by atoms with Crippen LogP contribution in [-0.4, -0.2) is 32.1 Å². The molecule has 0 aliphatic heterocycles. The van der Waals surface area contributed by atoms with E-state index in [1.807, 2.05) is 22.6 Å². The highest BCUT2D eigenvalue weighted by molar-refractivity contribution is 14.1. The second-order valence-electron chi connectivity index (χ2n) is 5.06. The first-order valence-corrected chi connectivity index (χ1v) is 8.98. The van der Waals surface area contributed by atoms with Crippen molar-refractivity contribution in [2.24, 2.45) is 0 Å². The maximum atomic E-state index is 12.7. The van der Waals surface area contributed by atoms with Crippen LogP contribution in [0, 0.1) is 3.57 Å². The van der Waals surface area contributed by atoms with Gasteiger partial charge in [0, 0.05) is 5.02 Å². The number of para-hydroxylation sites is 1. The predicted octanol–water partition coefficient (Wildman–Crippen LogP) is 3.65. The molecule has 0 radical (unpaired) electrons. The van der Waals surface area contributed by atoms with Crippen molar-refractivity contribution in [1.29, 1.82) is 0 Å². The number of carbonyl (C=O) groups excluding carboxylic acids is 3. The van der Waals surface area contributed by atoms with Crippen molar-refractivity contribution in [3.63, 3.8) is 0 Å². The second-order valence-corrected chi connectivity index (χ2v) is 6.66.